The first kappa shape index (κ1) is 13.9. The van der Waals surface area contributed by atoms with E-state index < -0.39 is 0 Å². The molecular weight excluding hydrogens is 188 g/mol. The quantitative estimate of drug-likeness (QED) is 0.475. The van der Waals surface area contributed by atoms with Gasteiger partial charge in [-0.15, -0.1) is 0 Å². The van der Waals surface area contributed by atoms with Gasteiger partial charge in [-0.25, -0.2) is 0 Å². The van der Waals surface area contributed by atoms with Crippen molar-refractivity contribution in [3.05, 3.63) is 24.3 Å². The highest BCUT2D eigenvalue weighted by atomic mass is 16.5. The third kappa shape index (κ3) is 7.98. The normalized spacial score (nSPS) is 13.4. The summed E-state index contributed by atoms with van der Waals surface area (Å²) >= 11 is 0. The maximum Gasteiger partial charge on any atom is 0.305 e. The van der Waals surface area contributed by atoms with Crippen LogP contribution in [0.1, 0.15) is 40.0 Å². The first-order chi connectivity index (χ1) is 7.10. The minimum atomic E-state index is -0.111. The number of carbonyl (C=O) groups excluding carboxylic acids is 1. The Bertz CT molecular complexity index is 229. The fourth-order valence-corrected chi connectivity index (χ4v) is 1.06. The molecule has 0 aliphatic carbocycles. The molecule has 0 aliphatic rings. The van der Waals surface area contributed by atoms with Crippen LogP contribution in [-0.2, 0) is 9.53 Å². The molecule has 0 amide bonds. The molecule has 1 unspecified atom stereocenters. The van der Waals surface area contributed by atoms with Crippen LogP contribution in [0.15, 0.2) is 24.3 Å². The molecular formula is C13H22O2. The molecule has 0 saturated carbocycles. The maximum atomic E-state index is 10.9. The molecule has 0 radical (unpaired) electrons. The maximum absolute atomic E-state index is 10.9. The molecule has 0 bridgehead atoms. The fraction of sp³-hybridized carbons (Fsp3) is 0.615. The Morgan fingerprint density at radius 1 is 1.53 bits per heavy atom. The van der Waals surface area contributed by atoms with E-state index in [-0.39, 0.29) is 5.97 Å². The number of rotatable bonds is 7. The Kier molecular flexibility index (Phi) is 7.69. The van der Waals surface area contributed by atoms with Gasteiger partial charge in [-0.3, -0.25) is 4.79 Å². The van der Waals surface area contributed by atoms with Crippen molar-refractivity contribution >= 4 is 5.97 Å². The Labute approximate surface area is 93.0 Å². The van der Waals surface area contributed by atoms with Crippen molar-refractivity contribution in [3.8, 4) is 0 Å². The molecule has 0 N–H and O–H groups in total. The molecule has 0 aliphatic heterocycles. The van der Waals surface area contributed by atoms with Gasteiger partial charge in [0.1, 0.15) is 0 Å². The van der Waals surface area contributed by atoms with Crippen molar-refractivity contribution in [1.29, 1.82) is 0 Å². The van der Waals surface area contributed by atoms with E-state index in [0.29, 0.717) is 18.9 Å². The lowest BCUT2D eigenvalue weighted by atomic mass is 10.0. The third-order valence-electron chi connectivity index (χ3n) is 2.33. The number of hydrogen-bond donors (Lipinski definition) is 0. The van der Waals surface area contributed by atoms with E-state index >= 15 is 0 Å². The van der Waals surface area contributed by atoms with E-state index in [2.05, 4.69) is 19.6 Å². The van der Waals surface area contributed by atoms with Crippen LogP contribution in [0.3, 0.4) is 0 Å². The van der Waals surface area contributed by atoms with Gasteiger partial charge in [0.15, 0.2) is 0 Å². The monoisotopic (exact) mass is 210 g/mol. The van der Waals surface area contributed by atoms with Crippen LogP contribution in [0, 0.1) is 5.92 Å². The van der Waals surface area contributed by atoms with Gasteiger partial charge in [0, 0.05) is 6.42 Å². The second-order valence-electron chi connectivity index (χ2n) is 3.86. The van der Waals surface area contributed by atoms with Crippen molar-refractivity contribution in [2.75, 3.05) is 6.61 Å². The summed E-state index contributed by atoms with van der Waals surface area (Å²) in [6.45, 7) is 10.2. The SMILES string of the molecule is C=C/C(C)=C/CC(C)CCOC(=O)CC. The number of hydrogen-bond acceptors (Lipinski definition) is 2. The van der Waals surface area contributed by atoms with E-state index in [4.69, 9.17) is 4.74 Å². The molecule has 2 nitrogen and oxygen atoms in total. The summed E-state index contributed by atoms with van der Waals surface area (Å²) in [5, 5.41) is 0. The lowest BCUT2D eigenvalue weighted by Crippen LogP contribution is -2.07. The largest absolute Gasteiger partial charge is 0.466 e. The minimum Gasteiger partial charge on any atom is -0.466 e. The van der Waals surface area contributed by atoms with Crippen molar-refractivity contribution < 1.29 is 9.53 Å². The van der Waals surface area contributed by atoms with Gasteiger partial charge >= 0.3 is 5.97 Å². The van der Waals surface area contributed by atoms with E-state index in [9.17, 15) is 4.79 Å². The molecule has 0 aromatic carbocycles. The molecule has 0 heterocycles. The first-order valence-corrected chi connectivity index (χ1v) is 5.55. The van der Waals surface area contributed by atoms with Crippen LogP contribution < -0.4 is 0 Å². The first-order valence-electron chi connectivity index (χ1n) is 5.55. The predicted octanol–water partition coefficient (Wildman–Crippen LogP) is 3.49. The molecule has 15 heavy (non-hydrogen) atoms. The standard InChI is InChI=1S/C13H22O2/c1-5-11(3)7-8-12(4)9-10-15-13(14)6-2/h5,7,12H,1,6,8-10H2,2-4H3/b11-7+. The second-order valence-corrected chi connectivity index (χ2v) is 3.86. The predicted molar refractivity (Wildman–Crippen MR) is 63.6 cm³/mol. The van der Waals surface area contributed by atoms with Gasteiger partial charge < -0.3 is 4.74 Å². The summed E-state index contributed by atoms with van der Waals surface area (Å²) in [6.07, 6.45) is 6.42. The molecule has 0 aromatic rings. The topological polar surface area (TPSA) is 26.3 Å². The van der Waals surface area contributed by atoms with Gasteiger partial charge in [-0.05, 0) is 25.7 Å². The molecule has 1 atom stereocenters. The summed E-state index contributed by atoms with van der Waals surface area (Å²) < 4.78 is 5.02. The van der Waals surface area contributed by atoms with Gasteiger partial charge in [-0.2, -0.15) is 0 Å². The van der Waals surface area contributed by atoms with Gasteiger partial charge in [-0.1, -0.05) is 38.2 Å². The summed E-state index contributed by atoms with van der Waals surface area (Å²) in [7, 11) is 0. The van der Waals surface area contributed by atoms with Crippen LogP contribution in [0.25, 0.3) is 0 Å². The fourth-order valence-electron chi connectivity index (χ4n) is 1.06. The average Bonchev–Trinajstić information content (AvgIpc) is 2.25. The highest BCUT2D eigenvalue weighted by Crippen LogP contribution is 2.10. The molecule has 0 spiro atoms. The Morgan fingerprint density at radius 3 is 2.73 bits per heavy atom. The Hall–Kier alpha value is -1.05. The third-order valence-corrected chi connectivity index (χ3v) is 2.33. The average molecular weight is 210 g/mol. The number of allylic oxidation sites excluding steroid dienone is 3. The summed E-state index contributed by atoms with van der Waals surface area (Å²) in [5.74, 6) is 0.435. The van der Waals surface area contributed by atoms with Crippen molar-refractivity contribution in [3.63, 3.8) is 0 Å². The zero-order valence-electron chi connectivity index (χ0n) is 10.1. The van der Waals surface area contributed by atoms with Crippen molar-refractivity contribution in [2.45, 2.75) is 40.0 Å². The minimum absolute atomic E-state index is 0.111. The van der Waals surface area contributed by atoms with E-state index in [0.717, 1.165) is 12.8 Å². The van der Waals surface area contributed by atoms with E-state index in [1.807, 2.05) is 19.9 Å². The molecule has 0 saturated heterocycles. The van der Waals surface area contributed by atoms with Crippen LogP contribution >= 0.6 is 0 Å². The van der Waals surface area contributed by atoms with Crippen LogP contribution in [0.2, 0.25) is 0 Å². The molecule has 0 rings (SSSR count). The number of esters is 1. The number of carbonyl (C=O) groups is 1. The smallest absolute Gasteiger partial charge is 0.305 e. The van der Waals surface area contributed by atoms with Crippen LogP contribution in [-0.4, -0.2) is 12.6 Å². The highest BCUT2D eigenvalue weighted by Gasteiger charge is 2.02. The lowest BCUT2D eigenvalue weighted by molar-refractivity contribution is -0.143. The highest BCUT2D eigenvalue weighted by molar-refractivity contribution is 5.68. The van der Waals surface area contributed by atoms with Gasteiger partial charge in [0.2, 0.25) is 0 Å². The second kappa shape index (κ2) is 8.27. The molecule has 0 aromatic heterocycles. The zero-order valence-corrected chi connectivity index (χ0v) is 10.1. The van der Waals surface area contributed by atoms with E-state index in [1.165, 1.54) is 5.57 Å². The summed E-state index contributed by atoms with van der Waals surface area (Å²) in [4.78, 5) is 10.9. The van der Waals surface area contributed by atoms with Gasteiger partial charge in [0.25, 0.3) is 0 Å². The van der Waals surface area contributed by atoms with Crippen LogP contribution in [0.5, 0.6) is 0 Å². The van der Waals surface area contributed by atoms with Crippen molar-refractivity contribution in [1.82, 2.24) is 0 Å². The molecule has 0 fully saturated rings. The molecule has 2 heteroatoms. The van der Waals surface area contributed by atoms with Crippen LogP contribution in [0.4, 0.5) is 0 Å². The Morgan fingerprint density at radius 2 is 2.20 bits per heavy atom. The summed E-state index contributed by atoms with van der Waals surface area (Å²) in [5.41, 5.74) is 1.20. The van der Waals surface area contributed by atoms with E-state index in [1.54, 1.807) is 0 Å². The lowest BCUT2D eigenvalue weighted by Gasteiger charge is -2.09. The molecule has 86 valence electrons. The van der Waals surface area contributed by atoms with Crippen molar-refractivity contribution in [2.24, 2.45) is 5.92 Å². The van der Waals surface area contributed by atoms with Gasteiger partial charge in [0.05, 0.1) is 6.61 Å². The number of ether oxygens (including phenoxy) is 1. The Balaban J connectivity index is 3.62. The summed E-state index contributed by atoms with van der Waals surface area (Å²) in [6, 6.07) is 0. The zero-order chi connectivity index (χ0) is 11.7.